The maximum absolute atomic E-state index is 13.9. The Morgan fingerprint density at radius 2 is 1.40 bits per heavy atom. The van der Waals surface area contributed by atoms with Gasteiger partial charge >= 0.3 is 0 Å². The summed E-state index contributed by atoms with van der Waals surface area (Å²) in [6.07, 6.45) is 0. The SMILES string of the molecule is COc1cc(-c2nc3cc(NC(=O)c4c(F)c(F)c(F)c(F)c4F)ccc3o2)cc(OC)c1OC. The smallest absolute Gasteiger partial charge is 0.261 e. The molecule has 1 heterocycles. The predicted octanol–water partition coefficient (Wildman–Crippen LogP) is 5.47. The first-order valence-electron chi connectivity index (χ1n) is 9.73. The zero-order valence-electron chi connectivity index (χ0n) is 18.3. The molecule has 1 amide bonds. The van der Waals surface area contributed by atoms with E-state index in [1.165, 1.54) is 39.5 Å². The number of aromatic nitrogens is 1. The Balaban J connectivity index is 1.69. The molecule has 7 nitrogen and oxygen atoms in total. The first kappa shape index (κ1) is 23.8. The third kappa shape index (κ3) is 4.07. The second-order valence-electron chi connectivity index (χ2n) is 7.01. The summed E-state index contributed by atoms with van der Waals surface area (Å²) in [7, 11) is 4.32. The lowest BCUT2D eigenvalue weighted by molar-refractivity contribution is 0.101. The minimum Gasteiger partial charge on any atom is -0.493 e. The Morgan fingerprint density at radius 3 is 1.94 bits per heavy atom. The summed E-state index contributed by atoms with van der Waals surface area (Å²) in [6.45, 7) is 0. The molecule has 0 fully saturated rings. The molecule has 12 heteroatoms. The number of rotatable bonds is 6. The number of oxazole rings is 1. The summed E-state index contributed by atoms with van der Waals surface area (Å²) in [6, 6.07) is 7.19. The van der Waals surface area contributed by atoms with Crippen molar-refractivity contribution in [2.75, 3.05) is 26.6 Å². The number of benzene rings is 3. The van der Waals surface area contributed by atoms with Gasteiger partial charge in [0.15, 0.2) is 40.4 Å². The van der Waals surface area contributed by atoms with Gasteiger partial charge in [0, 0.05) is 11.3 Å². The van der Waals surface area contributed by atoms with Crippen molar-refractivity contribution >= 4 is 22.7 Å². The fourth-order valence-corrected chi connectivity index (χ4v) is 3.33. The van der Waals surface area contributed by atoms with Crippen molar-refractivity contribution in [3.8, 4) is 28.7 Å². The van der Waals surface area contributed by atoms with E-state index in [4.69, 9.17) is 18.6 Å². The topological polar surface area (TPSA) is 82.8 Å². The molecule has 4 rings (SSSR count). The van der Waals surface area contributed by atoms with Crippen LogP contribution in [0.25, 0.3) is 22.6 Å². The number of amides is 1. The second-order valence-corrected chi connectivity index (χ2v) is 7.01. The highest BCUT2D eigenvalue weighted by Crippen LogP contribution is 2.41. The Kier molecular flexibility index (Phi) is 6.20. The van der Waals surface area contributed by atoms with Crippen LogP contribution in [0.3, 0.4) is 0 Å². The lowest BCUT2D eigenvalue weighted by Gasteiger charge is -2.12. The molecule has 4 aromatic rings. The van der Waals surface area contributed by atoms with Crippen LogP contribution in [-0.4, -0.2) is 32.2 Å². The summed E-state index contributed by atoms with van der Waals surface area (Å²) in [5.41, 5.74) is -0.675. The zero-order chi connectivity index (χ0) is 25.4. The average molecular weight is 494 g/mol. The van der Waals surface area contributed by atoms with E-state index in [-0.39, 0.29) is 22.7 Å². The molecule has 0 saturated heterocycles. The summed E-state index contributed by atoms with van der Waals surface area (Å²) in [5, 5.41) is 2.09. The minimum absolute atomic E-state index is 0.0313. The first-order valence-corrected chi connectivity index (χ1v) is 9.73. The number of halogens is 5. The number of hydrogen-bond donors (Lipinski definition) is 1. The molecule has 0 aliphatic heterocycles. The molecule has 0 saturated carbocycles. The van der Waals surface area contributed by atoms with Gasteiger partial charge in [-0.1, -0.05) is 0 Å². The van der Waals surface area contributed by atoms with Crippen LogP contribution >= 0.6 is 0 Å². The average Bonchev–Trinajstić information content (AvgIpc) is 3.28. The van der Waals surface area contributed by atoms with Gasteiger partial charge in [0.05, 0.1) is 21.3 Å². The van der Waals surface area contributed by atoms with Gasteiger partial charge in [-0.3, -0.25) is 4.79 Å². The summed E-state index contributed by atoms with van der Waals surface area (Å²) >= 11 is 0. The number of hydrogen-bond acceptors (Lipinski definition) is 6. The van der Waals surface area contributed by atoms with E-state index in [2.05, 4.69) is 10.3 Å². The van der Waals surface area contributed by atoms with Crippen LogP contribution in [0, 0.1) is 29.1 Å². The van der Waals surface area contributed by atoms with Crippen molar-refractivity contribution in [3.05, 3.63) is 65.0 Å². The summed E-state index contributed by atoms with van der Waals surface area (Å²) in [5.74, 6) is -11.6. The number of methoxy groups -OCH3 is 3. The van der Waals surface area contributed by atoms with Crippen LogP contribution in [0.2, 0.25) is 0 Å². The van der Waals surface area contributed by atoms with Gasteiger partial charge in [-0.25, -0.2) is 26.9 Å². The van der Waals surface area contributed by atoms with E-state index in [0.717, 1.165) is 0 Å². The molecule has 0 radical (unpaired) electrons. The molecular formula is C23H15F5N2O5. The molecule has 182 valence electrons. The molecule has 0 aliphatic rings. The number of anilines is 1. The van der Waals surface area contributed by atoms with Gasteiger partial charge in [0.2, 0.25) is 17.5 Å². The fourth-order valence-electron chi connectivity index (χ4n) is 3.33. The largest absolute Gasteiger partial charge is 0.493 e. The molecule has 35 heavy (non-hydrogen) atoms. The number of nitrogens with zero attached hydrogens (tertiary/aromatic N) is 1. The van der Waals surface area contributed by atoms with E-state index in [1.807, 2.05) is 0 Å². The third-order valence-corrected chi connectivity index (χ3v) is 4.99. The van der Waals surface area contributed by atoms with E-state index in [9.17, 15) is 26.7 Å². The molecular weight excluding hydrogens is 479 g/mol. The quantitative estimate of drug-likeness (QED) is 0.218. The normalized spacial score (nSPS) is 11.0. The lowest BCUT2D eigenvalue weighted by atomic mass is 10.1. The molecule has 0 atom stereocenters. The van der Waals surface area contributed by atoms with E-state index < -0.39 is 40.6 Å². The Hall–Kier alpha value is -4.35. The van der Waals surface area contributed by atoms with Crippen molar-refractivity contribution in [1.82, 2.24) is 4.98 Å². The van der Waals surface area contributed by atoms with Crippen molar-refractivity contribution in [2.24, 2.45) is 0 Å². The highest BCUT2D eigenvalue weighted by molar-refractivity contribution is 6.05. The number of fused-ring (bicyclic) bond motifs is 1. The van der Waals surface area contributed by atoms with Crippen LogP contribution < -0.4 is 19.5 Å². The van der Waals surface area contributed by atoms with E-state index in [1.54, 1.807) is 12.1 Å². The Bertz CT molecular complexity index is 1420. The number of ether oxygens (including phenoxy) is 3. The van der Waals surface area contributed by atoms with Gasteiger partial charge in [0.1, 0.15) is 11.1 Å². The molecule has 0 bridgehead atoms. The second kappa shape index (κ2) is 9.12. The van der Waals surface area contributed by atoms with Crippen molar-refractivity contribution in [2.45, 2.75) is 0 Å². The van der Waals surface area contributed by atoms with Crippen LogP contribution in [0.5, 0.6) is 17.2 Å². The maximum atomic E-state index is 13.9. The van der Waals surface area contributed by atoms with Crippen LogP contribution in [-0.2, 0) is 0 Å². The van der Waals surface area contributed by atoms with Crippen molar-refractivity contribution in [1.29, 1.82) is 0 Å². The fraction of sp³-hybridized carbons (Fsp3) is 0.130. The highest BCUT2D eigenvalue weighted by Gasteiger charge is 2.30. The van der Waals surface area contributed by atoms with Crippen LogP contribution in [0.15, 0.2) is 34.7 Å². The minimum atomic E-state index is -2.36. The van der Waals surface area contributed by atoms with Crippen molar-refractivity contribution < 1.29 is 45.4 Å². The summed E-state index contributed by atoms with van der Waals surface area (Å²) < 4.78 is 89.6. The van der Waals surface area contributed by atoms with Gasteiger partial charge in [-0.2, -0.15) is 0 Å². The predicted molar refractivity (Wildman–Crippen MR) is 113 cm³/mol. The van der Waals surface area contributed by atoms with Crippen molar-refractivity contribution in [3.63, 3.8) is 0 Å². The molecule has 3 aromatic carbocycles. The lowest BCUT2D eigenvalue weighted by Crippen LogP contribution is -2.19. The zero-order valence-corrected chi connectivity index (χ0v) is 18.3. The van der Waals surface area contributed by atoms with Gasteiger partial charge < -0.3 is 23.9 Å². The van der Waals surface area contributed by atoms with Crippen LogP contribution in [0.4, 0.5) is 27.6 Å². The molecule has 0 spiro atoms. The van der Waals surface area contributed by atoms with Crippen LogP contribution in [0.1, 0.15) is 10.4 Å². The standard InChI is InChI=1S/C23H15F5N2O5/c1-32-13-6-9(7-14(33-2)21(13)34-3)23-30-11-8-10(4-5-12(11)35-23)29-22(31)15-16(24)18(26)20(28)19(27)17(15)25/h4-8H,1-3H3,(H,29,31). The van der Waals surface area contributed by atoms with Gasteiger partial charge in [-0.05, 0) is 30.3 Å². The first-order chi connectivity index (χ1) is 16.7. The number of nitrogens with one attached hydrogen (secondary N) is 1. The molecule has 0 aliphatic carbocycles. The Labute approximate surface area is 194 Å². The maximum Gasteiger partial charge on any atom is 0.261 e. The molecule has 1 aromatic heterocycles. The van der Waals surface area contributed by atoms with Gasteiger partial charge in [-0.15, -0.1) is 0 Å². The molecule has 0 unspecified atom stereocenters. The number of carbonyl (C=O) groups is 1. The number of carbonyl (C=O) groups excluding carboxylic acids is 1. The van der Waals surface area contributed by atoms with Gasteiger partial charge in [0.25, 0.3) is 5.91 Å². The third-order valence-electron chi connectivity index (χ3n) is 4.99. The molecule has 1 N–H and O–H groups in total. The van der Waals surface area contributed by atoms with E-state index in [0.29, 0.717) is 22.8 Å². The Morgan fingerprint density at radius 1 is 0.829 bits per heavy atom. The highest BCUT2D eigenvalue weighted by atomic mass is 19.2. The monoisotopic (exact) mass is 494 g/mol. The van der Waals surface area contributed by atoms with E-state index >= 15 is 0 Å². The summed E-state index contributed by atoms with van der Waals surface area (Å²) in [4.78, 5) is 16.6.